The zero-order valence-electron chi connectivity index (χ0n) is 9.39. The summed E-state index contributed by atoms with van der Waals surface area (Å²) in [5.41, 5.74) is -0.314. The van der Waals surface area contributed by atoms with Crippen LogP contribution in [0.1, 0.15) is 18.5 Å². The van der Waals surface area contributed by atoms with Crippen LogP contribution in [0.4, 0.5) is 4.39 Å². The highest BCUT2D eigenvalue weighted by Gasteiger charge is 2.54. The van der Waals surface area contributed by atoms with Crippen molar-refractivity contribution < 1.29 is 18.7 Å². The molecule has 0 bridgehead atoms. The van der Waals surface area contributed by atoms with E-state index in [0.29, 0.717) is 18.5 Å². The summed E-state index contributed by atoms with van der Waals surface area (Å²) in [6.07, 6.45) is 2.40. The fourth-order valence-electron chi connectivity index (χ4n) is 1.96. The number of oxazole rings is 1. The van der Waals surface area contributed by atoms with Crippen molar-refractivity contribution in [2.45, 2.75) is 18.3 Å². The van der Waals surface area contributed by atoms with Gasteiger partial charge in [-0.25, -0.2) is 9.37 Å². The molecular weight excluding hydrogens is 237 g/mol. The van der Waals surface area contributed by atoms with Crippen LogP contribution in [0.2, 0.25) is 0 Å². The number of carbonyl (C=O) groups is 1. The van der Waals surface area contributed by atoms with Crippen LogP contribution in [0.25, 0.3) is 11.5 Å². The van der Waals surface area contributed by atoms with Crippen LogP contribution in [0.5, 0.6) is 0 Å². The zero-order valence-corrected chi connectivity index (χ0v) is 9.39. The van der Waals surface area contributed by atoms with Crippen molar-refractivity contribution in [1.82, 2.24) is 4.98 Å². The number of carboxylic acids is 1. The molecule has 92 valence electrons. The topological polar surface area (TPSA) is 63.3 Å². The highest BCUT2D eigenvalue weighted by molar-refractivity contribution is 5.84. The van der Waals surface area contributed by atoms with Crippen LogP contribution in [-0.4, -0.2) is 16.1 Å². The summed E-state index contributed by atoms with van der Waals surface area (Å²) in [6, 6.07) is 6.10. The van der Waals surface area contributed by atoms with Gasteiger partial charge in [-0.15, -0.1) is 0 Å². The maximum absolute atomic E-state index is 13.5. The SMILES string of the molecule is O=C(O)C1(c2coc(-c3ccccc3F)n2)CC1. The van der Waals surface area contributed by atoms with Gasteiger partial charge in [0.15, 0.2) is 0 Å². The van der Waals surface area contributed by atoms with Crippen LogP contribution in [0.15, 0.2) is 34.9 Å². The molecule has 1 aromatic heterocycles. The lowest BCUT2D eigenvalue weighted by Crippen LogP contribution is -2.19. The maximum Gasteiger partial charge on any atom is 0.315 e. The highest BCUT2D eigenvalue weighted by atomic mass is 19.1. The number of rotatable bonds is 3. The van der Waals surface area contributed by atoms with Gasteiger partial charge in [0.1, 0.15) is 17.5 Å². The molecule has 0 atom stereocenters. The van der Waals surface area contributed by atoms with E-state index in [0.717, 1.165) is 0 Å². The van der Waals surface area contributed by atoms with Crippen molar-refractivity contribution in [1.29, 1.82) is 0 Å². The van der Waals surface area contributed by atoms with E-state index in [4.69, 9.17) is 9.52 Å². The molecule has 4 nitrogen and oxygen atoms in total. The molecule has 0 saturated heterocycles. The number of hydrogen-bond acceptors (Lipinski definition) is 3. The van der Waals surface area contributed by atoms with Crippen molar-refractivity contribution in [3.8, 4) is 11.5 Å². The van der Waals surface area contributed by atoms with Gasteiger partial charge >= 0.3 is 5.97 Å². The van der Waals surface area contributed by atoms with Crippen molar-refractivity contribution in [3.05, 3.63) is 42.0 Å². The lowest BCUT2D eigenvalue weighted by atomic mass is 10.0. The number of benzene rings is 1. The Morgan fingerprint density at radius 3 is 2.72 bits per heavy atom. The summed E-state index contributed by atoms with van der Waals surface area (Å²) in [5.74, 6) is -1.22. The van der Waals surface area contributed by atoms with Gasteiger partial charge in [0.05, 0.1) is 11.3 Å². The first-order chi connectivity index (χ1) is 8.63. The molecule has 1 N–H and O–H groups in total. The molecule has 1 aromatic carbocycles. The third-order valence-electron chi connectivity index (χ3n) is 3.26. The Bertz CT molecular complexity index is 616. The highest BCUT2D eigenvalue weighted by Crippen LogP contribution is 2.48. The molecular formula is C13H10FNO3. The second-order valence-electron chi connectivity index (χ2n) is 4.41. The van der Waals surface area contributed by atoms with E-state index in [2.05, 4.69) is 4.98 Å². The predicted molar refractivity (Wildman–Crippen MR) is 60.4 cm³/mol. The van der Waals surface area contributed by atoms with Gasteiger partial charge in [0.25, 0.3) is 0 Å². The third-order valence-corrected chi connectivity index (χ3v) is 3.26. The Labute approximate surface area is 102 Å². The number of hydrogen-bond donors (Lipinski definition) is 1. The van der Waals surface area contributed by atoms with Crippen LogP contribution in [-0.2, 0) is 10.2 Å². The normalized spacial score (nSPS) is 16.5. The van der Waals surface area contributed by atoms with Crippen LogP contribution in [0.3, 0.4) is 0 Å². The molecule has 18 heavy (non-hydrogen) atoms. The summed E-state index contributed by atoms with van der Waals surface area (Å²) in [5, 5.41) is 9.14. The summed E-state index contributed by atoms with van der Waals surface area (Å²) in [6.45, 7) is 0. The van der Waals surface area contributed by atoms with Crippen molar-refractivity contribution in [2.24, 2.45) is 0 Å². The minimum atomic E-state index is -0.924. The van der Waals surface area contributed by atoms with Gasteiger partial charge in [-0.2, -0.15) is 0 Å². The monoisotopic (exact) mass is 247 g/mol. The Hall–Kier alpha value is -2.17. The van der Waals surface area contributed by atoms with E-state index in [-0.39, 0.29) is 11.5 Å². The zero-order chi connectivity index (χ0) is 12.8. The Morgan fingerprint density at radius 2 is 2.11 bits per heavy atom. The number of carboxylic acid groups (broad SMARTS) is 1. The third kappa shape index (κ3) is 1.51. The number of aliphatic carboxylic acids is 1. The summed E-state index contributed by atoms with van der Waals surface area (Å²) in [4.78, 5) is 15.3. The first-order valence-corrected chi connectivity index (χ1v) is 5.58. The van der Waals surface area contributed by atoms with Gasteiger partial charge in [-0.3, -0.25) is 4.79 Å². The predicted octanol–water partition coefficient (Wildman–Crippen LogP) is 2.60. The molecule has 0 unspecified atom stereocenters. The molecule has 1 heterocycles. The van der Waals surface area contributed by atoms with E-state index >= 15 is 0 Å². The van der Waals surface area contributed by atoms with Crippen LogP contribution < -0.4 is 0 Å². The first-order valence-electron chi connectivity index (χ1n) is 5.58. The molecule has 3 rings (SSSR count). The summed E-state index contributed by atoms with van der Waals surface area (Å²) in [7, 11) is 0. The fourth-order valence-corrected chi connectivity index (χ4v) is 1.96. The summed E-state index contributed by atoms with van der Waals surface area (Å²) >= 11 is 0. The average Bonchev–Trinajstić information content (AvgIpc) is 3.03. The van der Waals surface area contributed by atoms with Gasteiger partial charge in [0.2, 0.25) is 5.89 Å². The van der Waals surface area contributed by atoms with Gasteiger partial charge in [-0.05, 0) is 25.0 Å². The molecule has 1 fully saturated rings. The van der Waals surface area contributed by atoms with E-state index in [9.17, 15) is 9.18 Å². The molecule has 2 aromatic rings. The van der Waals surface area contributed by atoms with Gasteiger partial charge < -0.3 is 9.52 Å². The number of halogens is 1. The van der Waals surface area contributed by atoms with Crippen molar-refractivity contribution in [3.63, 3.8) is 0 Å². The lowest BCUT2D eigenvalue weighted by molar-refractivity contribution is -0.140. The van der Waals surface area contributed by atoms with Crippen LogP contribution >= 0.6 is 0 Å². The standard InChI is InChI=1S/C13H10FNO3/c14-9-4-2-1-3-8(9)11-15-10(7-18-11)13(5-6-13)12(16)17/h1-4,7H,5-6H2,(H,16,17). The average molecular weight is 247 g/mol. The first kappa shape index (κ1) is 11.0. The van der Waals surface area contributed by atoms with E-state index in [1.807, 2.05) is 0 Å². The van der Waals surface area contributed by atoms with E-state index in [1.165, 1.54) is 12.3 Å². The Kier molecular flexibility index (Phi) is 2.23. The van der Waals surface area contributed by atoms with Crippen molar-refractivity contribution in [2.75, 3.05) is 0 Å². The van der Waals surface area contributed by atoms with E-state index in [1.54, 1.807) is 18.2 Å². The molecule has 1 saturated carbocycles. The smallest absolute Gasteiger partial charge is 0.315 e. The second-order valence-corrected chi connectivity index (χ2v) is 4.41. The molecule has 0 spiro atoms. The largest absolute Gasteiger partial charge is 0.481 e. The Balaban J connectivity index is 2.01. The Morgan fingerprint density at radius 1 is 1.39 bits per heavy atom. The molecule has 0 radical (unpaired) electrons. The fraction of sp³-hybridized carbons (Fsp3) is 0.231. The van der Waals surface area contributed by atoms with Crippen LogP contribution in [0, 0.1) is 5.82 Å². The maximum atomic E-state index is 13.5. The van der Waals surface area contributed by atoms with Gasteiger partial charge in [0, 0.05) is 0 Å². The lowest BCUT2D eigenvalue weighted by Gasteiger charge is -2.03. The number of nitrogens with zero attached hydrogens (tertiary/aromatic N) is 1. The summed E-state index contributed by atoms with van der Waals surface area (Å²) < 4.78 is 18.7. The van der Waals surface area contributed by atoms with E-state index < -0.39 is 17.2 Å². The van der Waals surface area contributed by atoms with Crippen molar-refractivity contribution >= 4 is 5.97 Å². The van der Waals surface area contributed by atoms with Gasteiger partial charge in [-0.1, -0.05) is 12.1 Å². The molecule has 0 amide bonds. The minimum absolute atomic E-state index is 0.121. The quantitative estimate of drug-likeness (QED) is 0.905. The second kappa shape index (κ2) is 3.66. The minimum Gasteiger partial charge on any atom is -0.481 e. The number of aromatic nitrogens is 1. The molecule has 0 aliphatic heterocycles. The molecule has 1 aliphatic rings. The molecule has 1 aliphatic carbocycles. The molecule has 5 heteroatoms.